The fraction of sp³-hybridized carbons (Fsp3) is 0.308. The number of benzene rings is 1. The molecule has 2 aliphatic heterocycles. The van der Waals surface area contributed by atoms with Crippen LogP contribution in [0, 0.1) is 0 Å². The highest BCUT2D eigenvalue weighted by Crippen LogP contribution is 2.36. The van der Waals surface area contributed by atoms with Gasteiger partial charge in [0.05, 0.1) is 29.1 Å². The Morgan fingerprint density at radius 2 is 1.94 bits per heavy atom. The zero-order chi connectivity index (χ0) is 25.4. The van der Waals surface area contributed by atoms with Crippen LogP contribution in [0.3, 0.4) is 0 Å². The molecule has 0 saturated carbocycles. The van der Waals surface area contributed by atoms with Crippen LogP contribution in [0.1, 0.15) is 36.8 Å². The number of rotatable bonds is 7. The molecule has 0 aliphatic carbocycles. The Morgan fingerprint density at radius 1 is 1.14 bits per heavy atom. The van der Waals surface area contributed by atoms with Crippen molar-refractivity contribution in [3.05, 3.63) is 83.2 Å². The van der Waals surface area contributed by atoms with E-state index < -0.39 is 12.0 Å². The Balaban J connectivity index is 1.73. The van der Waals surface area contributed by atoms with Crippen molar-refractivity contribution in [3.8, 4) is 0 Å². The van der Waals surface area contributed by atoms with E-state index in [1.807, 2.05) is 48.7 Å². The lowest BCUT2D eigenvalue weighted by molar-refractivity contribution is -0.140. The first kappa shape index (κ1) is 24.4. The summed E-state index contributed by atoms with van der Waals surface area (Å²) in [7, 11) is 1.53. The highest BCUT2D eigenvalue weighted by molar-refractivity contribution is 7.10. The molecule has 3 aromatic rings. The lowest BCUT2D eigenvalue weighted by Gasteiger charge is -2.23. The summed E-state index contributed by atoms with van der Waals surface area (Å²) in [5.41, 5.74) is 2.38. The fourth-order valence-electron chi connectivity index (χ4n) is 4.59. The average Bonchev–Trinajstić information content (AvgIpc) is 3.57. The third-order valence-electron chi connectivity index (χ3n) is 6.15. The number of fused-ring (bicyclic) bond motifs is 2. The number of carbonyl (C=O) groups is 2. The van der Waals surface area contributed by atoms with Gasteiger partial charge in [-0.1, -0.05) is 42.5 Å². The second-order valence-electron chi connectivity index (χ2n) is 8.40. The van der Waals surface area contributed by atoms with Crippen molar-refractivity contribution in [2.75, 3.05) is 31.8 Å². The molecule has 10 heteroatoms. The highest BCUT2D eigenvalue weighted by atomic mass is 32.1. The highest BCUT2D eigenvalue weighted by Gasteiger charge is 2.37. The van der Waals surface area contributed by atoms with Gasteiger partial charge in [0, 0.05) is 24.1 Å². The second kappa shape index (κ2) is 9.96. The minimum Gasteiger partial charge on any atom is -0.460 e. The molecule has 186 valence electrons. The number of thiophene rings is 1. The Bertz CT molecular complexity index is 1550. The number of anilines is 1. The summed E-state index contributed by atoms with van der Waals surface area (Å²) in [5.74, 6) is -0.730. The van der Waals surface area contributed by atoms with Gasteiger partial charge in [0.2, 0.25) is 0 Å². The molecule has 2 aromatic heterocycles. The van der Waals surface area contributed by atoms with Crippen LogP contribution >= 0.6 is 22.7 Å². The zero-order valence-electron chi connectivity index (χ0n) is 20.1. The Kier molecular flexibility index (Phi) is 6.74. The number of nitrogens with zero attached hydrogens (tertiary/aromatic N) is 3. The molecule has 0 radical (unpaired) electrons. The van der Waals surface area contributed by atoms with E-state index in [4.69, 9.17) is 9.47 Å². The maximum absolute atomic E-state index is 14.0. The Hall–Kier alpha value is -3.34. The van der Waals surface area contributed by atoms with Gasteiger partial charge in [-0.05, 0) is 30.9 Å². The van der Waals surface area contributed by atoms with Gasteiger partial charge in [0.25, 0.3) is 11.5 Å². The summed E-state index contributed by atoms with van der Waals surface area (Å²) in [6.45, 7) is 4.68. The fourth-order valence-corrected chi connectivity index (χ4v) is 6.55. The number of aromatic nitrogens is 1. The minimum absolute atomic E-state index is 0.0936. The number of hydrogen-bond donors (Lipinski definition) is 0. The number of thiazole rings is 1. The van der Waals surface area contributed by atoms with E-state index in [0.29, 0.717) is 32.7 Å². The molecule has 4 heterocycles. The summed E-state index contributed by atoms with van der Waals surface area (Å²) in [4.78, 5) is 48.3. The van der Waals surface area contributed by atoms with Gasteiger partial charge in [-0.15, -0.1) is 11.3 Å². The molecule has 1 atom stereocenters. The monoisotopic (exact) mass is 523 g/mol. The van der Waals surface area contributed by atoms with Crippen LogP contribution in [0.25, 0.3) is 5.57 Å². The van der Waals surface area contributed by atoms with Gasteiger partial charge < -0.3 is 14.4 Å². The van der Waals surface area contributed by atoms with Crippen LogP contribution in [0.4, 0.5) is 5.69 Å². The lowest BCUT2D eigenvalue weighted by Crippen LogP contribution is -2.40. The first-order valence-electron chi connectivity index (χ1n) is 11.6. The maximum atomic E-state index is 14.0. The van der Waals surface area contributed by atoms with Crippen molar-refractivity contribution >= 4 is 45.8 Å². The van der Waals surface area contributed by atoms with Gasteiger partial charge in [-0.3, -0.25) is 14.2 Å². The van der Waals surface area contributed by atoms with Crippen molar-refractivity contribution in [1.82, 2.24) is 4.57 Å². The number of methoxy groups -OCH3 is 1. The van der Waals surface area contributed by atoms with E-state index in [0.717, 1.165) is 22.5 Å². The normalized spacial score (nSPS) is 18.2. The molecule has 0 saturated heterocycles. The number of allylic oxidation sites excluding steroid dienone is 1. The molecule has 0 unspecified atom stereocenters. The minimum atomic E-state index is -0.691. The third kappa shape index (κ3) is 3.95. The van der Waals surface area contributed by atoms with Crippen LogP contribution < -0.4 is 19.8 Å². The van der Waals surface area contributed by atoms with Gasteiger partial charge in [0.1, 0.15) is 17.2 Å². The van der Waals surface area contributed by atoms with E-state index in [1.165, 1.54) is 34.4 Å². The Labute approximate surface area is 215 Å². The number of esters is 1. The van der Waals surface area contributed by atoms with E-state index in [1.54, 1.807) is 11.8 Å². The molecule has 8 nitrogen and oxygen atoms in total. The number of carbonyl (C=O) groups excluding carboxylic acids is 2. The number of hydrogen-bond acceptors (Lipinski definition) is 8. The molecular formula is C26H25N3O5S2. The predicted octanol–water partition coefficient (Wildman–Crippen LogP) is 2.61. The quantitative estimate of drug-likeness (QED) is 0.351. The summed E-state index contributed by atoms with van der Waals surface area (Å²) < 4.78 is 12.3. The summed E-state index contributed by atoms with van der Waals surface area (Å²) in [6, 6.07) is 10.6. The van der Waals surface area contributed by atoms with Crippen LogP contribution in [0.2, 0.25) is 0 Å². The van der Waals surface area contributed by atoms with E-state index in [9.17, 15) is 14.4 Å². The predicted molar refractivity (Wildman–Crippen MR) is 139 cm³/mol. The standard InChI is InChI=1S/C26H25N3O5S2/c1-4-11-28-17-9-6-5-8-16(17)20(23(28)30)22-24(31)29-21(18-10-7-14-35-18)19(15(2)27-26(29)36-22)25(32)34-13-12-33-3/h5-10,14,21H,4,11-13H2,1-3H3/b22-20-/t21-/m0/s1. The molecule has 2 aliphatic rings. The molecule has 1 aromatic carbocycles. The first-order valence-corrected chi connectivity index (χ1v) is 13.3. The average molecular weight is 524 g/mol. The molecule has 0 spiro atoms. The van der Waals surface area contributed by atoms with Crippen molar-refractivity contribution in [3.63, 3.8) is 0 Å². The van der Waals surface area contributed by atoms with Gasteiger partial charge in [0.15, 0.2) is 4.80 Å². The van der Waals surface area contributed by atoms with E-state index >= 15 is 0 Å². The number of para-hydroxylation sites is 1. The zero-order valence-corrected chi connectivity index (χ0v) is 21.8. The first-order chi connectivity index (χ1) is 17.5. The largest absolute Gasteiger partial charge is 0.460 e. The number of ether oxygens (including phenoxy) is 2. The molecule has 36 heavy (non-hydrogen) atoms. The molecule has 5 rings (SSSR count). The molecule has 0 N–H and O–H groups in total. The number of amides is 1. The van der Waals surface area contributed by atoms with Crippen LogP contribution in [-0.4, -0.2) is 43.3 Å². The summed E-state index contributed by atoms with van der Waals surface area (Å²) >= 11 is 2.63. The Morgan fingerprint density at radius 3 is 2.67 bits per heavy atom. The van der Waals surface area contributed by atoms with Crippen molar-refractivity contribution in [1.29, 1.82) is 0 Å². The smallest absolute Gasteiger partial charge is 0.338 e. The van der Waals surface area contributed by atoms with Gasteiger partial charge in [-0.25, -0.2) is 9.79 Å². The van der Waals surface area contributed by atoms with Gasteiger partial charge in [-0.2, -0.15) is 0 Å². The molecule has 0 bridgehead atoms. The maximum Gasteiger partial charge on any atom is 0.338 e. The third-order valence-corrected chi connectivity index (χ3v) is 8.13. The molecular weight excluding hydrogens is 498 g/mol. The van der Waals surface area contributed by atoms with E-state index in [2.05, 4.69) is 4.99 Å². The van der Waals surface area contributed by atoms with E-state index in [-0.39, 0.29) is 24.7 Å². The van der Waals surface area contributed by atoms with Gasteiger partial charge >= 0.3 is 5.97 Å². The molecule has 0 fully saturated rings. The topological polar surface area (TPSA) is 90.2 Å². The second-order valence-corrected chi connectivity index (χ2v) is 10.4. The van der Waals surface area contributed by atoms with Crippen molar-refractivity contribution < 1.29 is 19.1 Å². The van der Waals surface area contributed by atoms with Crippen LogP contribution in [0.15, 0.2) is 62.8 Å². The summed E-state index contributed by atoms with van der Waals surface area (Å²) in [6.07, 6.45) is 0.792. The summed E-state index contributed by atoms with van der Waals surface area (Å²) in [5, 5.41) is 1.90. The van der Waals surface area contributed by atoms with Crippen LogP contribution in [0.5, 0.6) is 0 Å². The van der Waals surface area contributed by atoms with Crippen molar-refractivity contribution in [2.24, 2.45) is 4.99 Å². The van der Waals surface area contributed by atoms with Crippen molar-refractivity contribution in [2.45, 2.75) is 26.3 Å². The lowest BCUT2D eigenvalue weighted by atomic mass is 10.0. The van der Waals surface area contributed by atoms with Crippen LogP contribution in [-0.2, 0) is 19.1 Å². The molecule has 1 amide bonds. The SMILES string of the molecule is CCCN1C(=O)/C(=c2\sc3n(c2=O)[C@@H](c2cccs2)C(C(=O)OCCOC)=C(C)N=3)c2ccccc21.